The van der Waals surface area contributed by atoms with Crippen molar-refractivity contribution in [3.63, 3.8) is 0 Å². The van der Waals surface area contributed by atoms with Gasteiger partial charge in [0.2, 0.25) is 0 Å². The molecule has 1 aromatic carbocycles. The normalized spacial score (nSPS) is 23.4. The molecule has 1 fully saturated rings. The van der Waals surface area contributed by atoms with Crippen LogP contribution in [0.5, 0.6) is 0 Å². The van der Waals surface area contributed by atoms with E-state index in [9.17, 15) is 0 Å². The van der Waals surface area contributed by atoms with Gasteiger partial charge in [0, 0.05) is 23.7 Å². The summed E-state index contributed by atoms with van der Waals surface area (Å²) in [6, 6.07) is 9.57. The highest BCUT2D eigenvalue weighted by Crippen LogP contribution is 2.30. The number of benzene rings is 1. The van der Waals surface area contributed by atoms with E-state index in [2.05, 4.69) is 62.1 Å². The highest BCUT2D eigenvalue weighted by Gasteiger charge is 2.25. The molecule has 1 aliphatic rings. The molecule has 0 aromatic heterocycles. The zero-order valence-corrected chi connectivity index (χ0v) is 14.4. The average Bonchev–Trinajstić information content (AvgIpc) is 2.93. The summed E-state index contributed by atoms with van der Waals surface area (Å²) >= 11 is 2.07. The molecule has 0 aliphatic carbocycles. The molecule has 1 aromatic rings. The van der Waals surface area contributed by atoms with Gasteiger partial charge in [-0.25, -0.2) is 0 Å². The van der Waals surface area contributed by atoms with Crippen molar-refractivity contribution in [1.29, 1.82) is 0 Å². The van der Waals surface area contributed by atoms with E-state index in [4.69, 9.17) is 4.74 Å². The average molecular weight is 308 g/mol. The molecule has 1 aliphatic heterocycles. The van der Waals surface area contributed by atoms with Crippen LogP contribution in [0.4, 0.5) is 0 Å². The Morgan fingerprint density at radius 1 is 1.29 bits per heavy atom. The first kappa shape index (κ1) is 16.9. The van der Waals surface area contributed by atoms with E-state index in [1.54, 1.807) is 0 Å². The quantitative estimate of drug-likeness (QED) is 0.777. The minimum atomic E-state index is 0.407. The largest absolute Gasteiger partial charge is 0.377 e. The van der Waals surface area contributed by atoms with Crippen LogP contribution in [0.1, 0.15) is 50.8 Å². The summed E-state index contributed by atoms with van der Waals surface area (Å²) < 4.78 is 5.67. The zero-order valence-electron chi connectivity index (χ0n) is 13.6. The first-order chi connectivity index (χ1) is 10.2. The van der Waals surface area contributed by atoms with Crippen LogP contribution in [0.3, 0.4) is 0 Å². The van der Waals surface area contributed by atoms with Crippen molar-refractivity contribution < 1.29 is 4.74 Å². The Hall–Kier alpha value is -0.510. The molecule has 3 heteroatoms. The molecule has 0 saturated carbocycles. The molecule has 1 N–H and O–H groups in total. The zero-order chi connectivity index (χ0) is 15.1. The van der Waals surface area contributed by atoms with Gasteiger partial charge in [0.1, 0.15) is 0 Å². The molecule has 0 amide bonds. The van der Waals surface area contributed by atoms with Gasteiger partial charge in [-0.05, 0) is 43.9 Å². The first-order valence-corrected chi connectivity index (χ1v) is 9.34. The van der Waals surface area contributed by atoms with Gasteiger partial charge in [-0.3, -0.25) is 0 Å². The van der Waals surface area contributed by atoms with E-state index in [1.165, 1.54) is 24.0 Å². The van der Waals surface area contributed by atoms with Crippen LogP contribution in [0.25, 0.3) is 0 Å². The standard InChI is InChI=1S/C18H29NOS/c1-4-11-19-17(13-21-18-10-12-20-14(18)3)16-8-6-15(5-2)7-9-16/h6-9,14,17-19H,4-5,10-13H2,1-3H3. The summed E-state index contributed by atoms with van der Waals surface area (Å²) in [5.41, 5.74) is 2.83. The van der Waals surface area contributed by atoms with Crippen LogP contribution >= 0.6 is 11.8 Å². The van der Waals surface area contributed by atoms with E-state index in [1.807, 2.05) is 0 Å². The van der Waals surface area contributed by atoms with Crippen molar-refractivity contribution in [3.05, 3.63) is 35.4 Å². The maximum Gasteiger partial charge on any atom is 0.0666 e. The smallest absolute Gasteiger partial charge is 0.0666 e. The maximum absolute atomic E-state index is 5.67. The van der Waals surface area contributed by atoms with E-state index < -0.39 is 0 Å². The van der Waals surface area contributed by atoms with Gasteiger partial charge in [0.05, 0.1) is 6.10 Å². The molecule has 118 valence electrons. The van der Waals surface area contributed by atoms with Gasteiger partial charge in [-0.1, -0.05) is 38.1 Å². The van der Waals surface area contributed by atoms with Crippen molar-refractivity contribution in [3.8, 4) is 0 Å². The number of ether oxygens (including phenoxy) is 1. The van der Waals surface area contributed by atoms with Gasteiger partial charge in [-0.15, -0.1) is 0 Å². The molecular weight excluding hydrogens is 278 g/mol. The highest BCUT2D eigenvalue weighted by molar-refractivity contribution is 8.00. The number of rotatable bonds is 8. The second-order valence-electron chi connectivity index (χ2n) is 5.84. The Morgan fingerprint density at radius 2 is 2.05 bits per heavy atom. The van der Waals surface area contributed by atoms with Crippen LogP contribution in [-0.2, 0) is 11.2 Å². The van der Waals surface area contributed by atoms with Crippen LogP contribution in [-0.4, -0.2) is 30.3 Å². The molecule has 1 saturated heterocycles. The summed E-state index contributed by atoms with van der Waals surface area (Å²) in [6.45, 7) is 8.65. The third-order valence-electron chi connectivity index (χ3n) is 4.21. The number of hydrogen-bond donors (Lipinski definition) is 1. The van der Waals surface area contributed by atoms with Crippen molar-refractivity contribution >= 4 is 11.8 Å². The summed E-state index contributed by atoms with van der Waals surface area (Å²) in [6.07, 6.45) is 3.89. The Kier molecular flexibility index (Phi) is 7.08. The topological polar surface area (TPSA) is 21.3 Å². The third-order valence-corrected chi connectivity index (χ3v) is 5.79. The number of thioether (sulfide) groups is 1. The second-order valence-corrected chi connectivity index (χ2v) is 7.11. The molecule has 2 nitrogen and oxygen atoms in total. The maximum atomic E-state index is 5.67. The lowest BCUT2D eigenvalue weighted by Gasteiger charge is -2.22. The van der Waals surface area contributed by atoms with Crippen LogP contribution in [0.15, 0.2) is 24.3 Å². The van der Waals surface area contributed by atoms with Crippen LogP contribution in [0, 0.1) is 0 Å². The highest BCUT2D eigenvalue weighted by atomic mass is 32.2. The van der Waals surface area contributed by atoms with Crippen LogP contribution in [0.2, 0.25) is 0 Å². The summed E-state index contributed by atoms with van der Waals surface area (Å²) in [4.78, 5) is 0. The van der Waals surface area contributed by atoms with Gasteiger partial charge >= 0.3 is 0 Å². The SMILES string of the molecule is CCCNC(CSC1CCOC1C)c1ccc(CC)cc1. The Bertz CT molecular complexity index is 406. The Balaban J connectivity index is 1.95. The Labute approximate surface area is 134 Å². The molecule has 21 heavy (non-hydrogen) atoms. The summed E-state index contributed by atoms with van der Waals surface area (Å²) in [5.74, 6) is 1.13. The molecule has 2 rings (SSSR count). The number of hydrogen-bond acceptors (Lipinski definition) is 3. The van der Waals surface area contributed by atoms with E-state index >= 15 is 0 Å². The minimum Gasteiger partial charge on any atom is -0.377 e. The number of nitrogens with one attached hydrogen (secondary N) is 1. The lowest BCUT2D eigenvalue weighted by molar-refractivity contribution is 0.127. The van der Waals surface area contributed by atoms with E-state index in [-0.39, 0.29) is 0 Å². The monoisotopic (exact) mass is 307 g/mol. The molecular formula is C18H29NOS. The minimum absolute atomic E-state index is 0.407. The molecule has 0 radical (unpaired) electrons. The molecule has 1 heterocycles. The molecule has 0 bridgehead atoms. The third kappa shape index (κ3) is 5.01. The second kappa shape index (κ2) is 8.82. The van der Waals surface area contributed by atoms with Crippen molar-refractivity contribution in [2.45, 2.75) is 57.4 Å². The molecule has 3 atom stereocenters. The lowest BCUT2D eigenvalue weighted by Crippen LogP contribution is -2.26. The van der Waals surface area contributed by atoms with Gasteiger partial charge in [0.15, 0.2) is 0 Å². The molecule has 0 spiro atoms. The first-order valence-electron chi connectivity index (χ1n) is 8.30. The fraction of sp³-hybridized carbons (Fsp3) is 0.667. The predicted molar refractivity (Wildman–Crippen MR) is 93.1 cm³/mol. The van der Waals surface area contributed by atoms with Crippen molar-refractivity contribution in [1.82, 2.24) is 5.32 Å². The predicted octanol–water partition coefficient (Wildman–Crippen LogP) is 4.20. The van der Waals surface area contributed by atoms with E-state index in [0.29, 0.717) is 17.4 Å². The fourth-order valence-corrected chi connectivity index (χ4v) is 4.09. The Morgan fingerprint density at radius 3 is 2.62 bits per heavy atom. The van der Waals surface area contributed by atoms with Crippen LogP contribution < -0.4 is 5.32 Å². The summed E-state index contributed by atoms with van der Waals surface area (Å²) in [7, 11) is 0. The van der Waals surface area contributed by atoms with Crippen molar-refractivity contribution in [2.75, 3.05) is 18.9 Å². The van der Waals surface area contributed by atoms with Gasteiger partial charge in [-0.2, -0.15) is 11.8 Å². The molecule has 3 unspecified atom stereocenters. The van der Waals surface area contributed by atoms with Crippen molar-refractivity contribution in [2.24, 2.45) is 0 Å². The van der Waals surface area contributed by atoms with Gasteiger partial charge in [0.25, 0.3) is 0 Å². The fourth-order valence-electron chi connectivity index (χ4n) is 2.73. The summed E-state index contributed by atoms with van der Waals surface area (Å²) in [5, 5.41) is 4.36. The van der Waals surface area contributed by atoms with Gasteiger partial charge < -0.3 is 10.1 Å². The van der Waals surface area contributed by atoms with E-state index in [0.717, 1.165) is 25.3 Å². The lowest BCUT2D eigenvalue weighted by atomic mass is 10.0. The number of aryl methyl sites for hydroxylation is 1.